The van der Waals surface area contributed by atoms with Crippen molar-refractivity contribution in [3.8, 4) is 17.0 Å². The van der Waals surface area contributed by atoms with Gasteiger partial charge in [0.2, 0.25) is 0 Å². The fraction of sp³-hybridized carbons (Fsp3) is 0.238. The van der Waals surface area contributed by atoms with Crippen molar-refractivity contribution >= 4 is 5.97 Å². The third kappa shape index (κ3) is 4.00. The largest absolute Gasteiger partial charge is 0.493 e. The molecular formula is C21H19FN2O3. The number of carboxylic acids is 1. The van der Waals surface area contributed by atoms with Gasteiger partial charge < -0.3 is 9.84 Å². The van der Waals surface area contributed by atoms with E-state index in [0.29, 0.717) is 19.4 Å². The number of hydrogen-bond donors (Lipinski definition) is 2. The summed E-state index contributed by atoms with van der Waals surface area (Å²) in [5, 5.41) is 15.9. The molecule has 1 aliphatic rings. The molecule has 0 saturated heterocycles. The highest BCUT2D eigenvalue weighted by molar-refractivity contribution is 5.75. The summed E-state index contributed by atoms with van der Waals surface area (Å²) < 4.78 is 19.6. The molecule has 0 aliphatic heterocycles. The zero-order valence-electron chi connectivity index (χ0n) is 14.6. The number of aromatic amines is 1. The molecule has 0 amide bonds. The normalized spacial score (nSPS) is 18.3. The van der Waals surface area contributed by atoms with Gasteiger partial charge in [-0.05, 0) is 71.5 Å². The first-order valence-electron chi connectivity index (χ1n) is 8.85. The molecule has 3 aromatic rings. The zero-order chi connectivity index (χ0) is 18.8. The lowest BCUT2D eigenvalue weighted by molar-refractivity contribution is -0.138. The Morgan fingerprint density at radius 2 is 2.04 bits per heavy atom. The van der Waals surface area contributed by atoms with Crippen molar-refractivity contribution < 1.29 is 19.0 Å². The van der Waals surface area contributed by atoms with Crippen molar-refractivity contribution in [3.05, 3.63) is 71.7 Å². The van der Waals surface area contributed by atoms with Gasteiger partial charge in [0.05, 0.1) is 18.2 Å². The van der Waals surface area contributed by atoms with Crippen LogP contribution >= 0.6 is 0 Å². The summed E-state index contributed by atoms with van der Waals surface area (Å²) >= 11 is 0. The number of nitrogens with zero attached hydrogens (tertiary/aromatic N) is 1. The van der Waals surface area contributed by atoms with Gasteiger partial charge in [0.1, 0.15) is 11.6 Å². The second kappa shape index (κ2) is 7.23. The SMILES string of the molecule is O=C(O)C1CC1c1cc(F)cc(CCOc2ccc(-c3ccn[nH]3)cc2)c1. The number of rotatable bonds is 7. The Hall–Kier alpha value is -3.15. The molecule has 2 N–H and O–H groups in total. The molecule has 1 heterocycles. The number of ether oxygens (including phenoxy) is 1. The van der Waals surface area contributed by atoms with Gasteiger partial charge in [0.15, 0.2) is 0 Å². The van der Waals surface area contributed by atoms with E-state index < -0.39 is 5.97 Å². The summed E-state index contributed by atoms with van der Waals surface area (Å²) in [6.07, 6.45) is 2.84. The van der Waals surface area contributed by atoms with E-state index in [1.165, 1.54) is 12.1 Å². The summed E-state index contributed by atoms with van der Waals surface area (Å²) in [5.41, 5.74) is 3.54. The van der Waals surface area contributed by atoms with Gasteiger partial charge in [0, 0.05) is 12.6 Å². The summed E-state index contributed by atoms with van der Waals surface area (Å²) in [6.45, 7) is 0.416. The summed E-state index contributed by atoms with van der Waals surface area (Å²) in [5.74, 6) is -0.865. The van der Waals surface area contributed by atoms with Crippen LogP contribution in [-0.2, 0) is 11.2 Å². The van der Waals surface area contributed by atoms with E-state index in [4.69, 9.17) is 9.84 Å². The van der Waals surface area contributed by atoms with Gasteiger partial charge in [-0.1, -0.05) is 6.07 Å². The van der Waals surface area contributed by atoms with Crippen LogP contribution in [0.15, 0.2) is 54.7 Å². The van der Waals surface area contributed by atoms with Crippen molar-refractivity contribution in [2.45, 2.75) is 18.8 Å². The van der Waals surface area contributed by atoms with Crippen molar-refractivity contribution in [2.24, 2.45) is 5.92 Å². The van der Waals surface area contributed by atoms with E-state index in [1.807, 2.05) is 36.4 Å². The molecule has 5 nitrogen and oxygen atoms in total. The van der Waals surface area contributed by atoms with E-state index in [2.05, 4.69) is 10.2 Å². The molecule has 2 unspecified atom stereocenters. The fourth-order valence-corrected chi connectivity index (χ4v) is 3.30. The van der Waals surface area contributed by atoms with Crippen molar-refractivity contribution in [1.29, 1.82) is 0 Å². The number of halogens is 1. The number of aromatic nitrogens is 2. The minimum atomic E-state index is -0.812. The first-order valence-corrected chi connectivity index (χ1v) is 8.85. The predicted molar refractivity (Wildman–Crippen MR) is 98.1 cm³/mol. The van der Waals surface area contributed by atoms with Crippen LogP contribution in [0.3, 0.4) is 0 Å². The van der Waals surface area contributed by atoms with Crippen LogP contribution in [-0.4, -0.2) is 27.9 Å². The molecular weight excluding hydrogens is 347 g/mol. The standard InChI is InChI=1S/C21H19FN2O3/c22-16-10-13(9-15(11-16)18-12-19(18)21(25)26)6-8-27-17-3-1-14(2-4-17)20-5-7-23-24-20/h1-5,7,9-11,18-19H,6,8,12H2,(H,23,24)(H,25,26). The Morgan fingerprint density at radius 1 is 1.22 bits per heavy atom. The number of aliphatic carboxylic acids is 1. The topological polar surface area (TPSA) is 75.2 Å². The lowest BCUT2D eigenvalue weighted by Gasteiger charge is -2.09. The Morgan fingerprint density at radius 3 is 2.70 bits per heavy atom. The quantitative estimate of drug-likeness (QED) is 0.662. The Bertz CT molecular complexity index is 939. The molecule has 2 atom stereocenters. The number of hydrogen-bond acceptors (Lipinski definition) is 3. The summed E-state index contributed by atoms with van der Waals surface area (Å²) in [7, 11) is 0. The first-order chi connectivity index (χ1) is 13.1. The van der Waals surface area contributed by atoms with Gasteiger partial charge in [-0.15, -0.1) is 0 Å². The van der Waals surface area contributed by atoms with E-state index in [9.17, 15) is 9.18 Å². The van der Waals surface area contributed by atoms with Gasteiger partial charge in [-0.3, -0.25) is 9.89 Å². The van der Waals surface area contributed by atoms with Crippen LogP contribution in [0.25, 0.3) is 11.3 Å². The lowest BCUT2D eigenvalue weighted by atomic mass is 10.0. The van der Waals surface area contributed by atoms with E-state index in [1.54, 1.807) is 6.20 Å². The molecule has 1 aromatic heterocycles. The Labute approximate surface area is 155 Å². The summed E-state index contributed by atoms with van der Waals surface area (Å²) in [4.78, 5) is 11.0. The van der Waals surface area contributed by atoms with Crippen LogP contribution in [0, 0.1) is 11.7 Å². The third-order valence-corrected chi connectivity index (χ3v) is 4.84. The Balaban J connectivity index is 1.35. The average Bonchev–Trinajstić information content (AvgIpc) is 3.29. The Kier molecular flexibility index (Phi) is 4.62. The van der Waals surface area contributed by atoms with E-state index in [0.717, 1.165) is 28.1 Å². The summed E-state index contributed by atoms with van der Waals surface area (Å²) in [6, 6.07) is 14.4. The molecule has 1 aliphatic carbocycles. The third-order valence-electron chi connectivity index (χ3n) is 4.84. The van der Waals surface area contributed by atoms with Crippen molar-refractivity contribution in [1.82, 2.24) is 10.2 Å². The monoisotopic (exact) mass is 366 g/mol. The molecule has 2 aromatic carbocycles. The lowest BCUT2D eigenvalue weighted by Crippen LogP contribution is -2.03. The molecule has 6 heteroatoms. The fourth-order valence-electron chi connectivity index (χ4n) is 3.30. The molecule has 27 heavy (non-hydrogen) atoms. The van der Waals surface area contributed by atoms with Gasteiger partial charge in [-0.25, -0.2) is 4.39 Å². The van der Waals surface area contributed by atoms with Crippen molar-refractivity contribution in [3.63, 3.8) is 0 Å². The molecule has 138 valence electrons. The minimum absolute atomic E-state index is 0.0760. The molecule has 0 spiro atoms. The second-order valence-corrected chi connectivity index (χ2v) is 6.77. The van der Waals surface area contributed by atoms with Crippen molar-refractivity contribution in [2.75, 3.05) is 6.61 Å². The molecule has 4 rings (SSSR count). The maximum Gasteiger partial charge on any atom is 0.307 e. The number of nitrogens with one attached hydrogen (secondary N) is 1. The van der Waals surface area contributed by atoms with Crippen LogP contribution in [0.4, 0.5) is 4.39 Å². The molecule has 1 fully saturated rings. The van der Waals surface area contributed by atoms with Gasteiger partial charge >= 0.3 is 5.97 Å². The molecule has 0 bridgehead atoms. The minimum Gasteiger partial charge on any atom is -0.493 e. The van der Waals surface area contributed by atoms with Gasteiger partial charge in [-0.2, -0.15) is 5.10 Å². The van der Waals surface area contributed by atoms with Crippen LogP contribution < -0.4 is 4.74 Å². The number of benzene rings is 2. The highest BCUT2D eigenvalue weighted by atomic mass is 19.1. The predicted octanol–water partition coefficient (Wildman–Crippen LogP) is 4.03. The number of carbonyl (C=O) groups is 1. The van der Waals surface area contributed by atoms with Crippen LogP contribution in [0.2, 0.25) is 0 Å². The zero-order valence-corrected chi connectivity index (χ0v) is 14.6. The average molecular weight is 366 g/mol. The number of carboxylic acid groups (broad SMARTS) is 1. The maximum absolute atomic E-state index is 13.9. The molecule has 0 radical (unpaired) electrons. The highest BCUT2D eigenvalue weighted by Crippen LogP contribution is 2.47. The maximum atomic E-state index is 13.9. The first kappa shape index (κ1) is 17.3. The smallest absolute Gasteiger partial charge is 0.307 e. The van der Waals surface area contributed by atoms with Gasteiger partial charge in [0.25, 0.3) is 0 Å². The van der Waals surface area contributed by atoms with E-state index in [-0.39, 0.29) is 17.7 Å². The van der Waals surface area contributed by atoms with E-state index >= 15 is 0 Å². The van der Waals surface area contributed by atoms with Crippen LogP contribution in [0.5, 0.6) is 5.75 Å². The second-order valence-electron chi connectivity index (χ2n) is 6.77. The number of H-pyrrole nitrogens is 1. The molecule has 1 saturated carbocycles. The highest BCUT2D eigenvalue weighted by Gasteiger charge is 2.44. The van der Waals surface area contributed by atoms with Crippen LogP contribution in [0.1, 0.15) is 23.5 Å².